The Bertz CT molecular complexity index is 451. The van der Waals surface area contributed by atoms with E-state index in [1.165, 1.54) is 14.2 Å². The lowest BCUT2D eigenvalue weighted by atomic mass is 10.0. The lowest BCUT2D eigenvalue weighted by molar-refractivity contribution is -0.138. The average molecular weight is 261 g/mol. The Morgan fingerprint density at radius 1 is 1.22 bits per heavy atom. The summed E-state index contributed by atoms with van der Waals surface area (Å²) >= 11 is 0. The van der Waals surface area contributed by atoms with Crippen LogP contribution in [0.3, 0.4) is 0 Å². The standard InChI is InChI=1S/C11H13F2NO4/c1-17-7-4-6(10(12)13)8(18-2)3-5(7)9(14)11(15)16/h3-4,9-10H,14H2,1-2H3,(H,15,16). The average Bonchev–Trinajstić information content (AvgIpc) is 2.35. The van der Waals surface area contributed by atoms with E-state index in [9.17, 15) is 13.6 Å². The van der Waals surface area contributed by atoms with Crippen molar-refractivity contribution in [2.24, 2.45) is 5.73 Å². The maximum atomic E-state index is 12.7. The second-order valence-corrected chi connectivity index (χ2v) is 3.45. The molecule has 0 saturated carbocycles. The maximum Gasteiger partial charge on any atom is 0.325 e. The summed E-state index contributed by atoms with van der Waals surface area (Å²) in [5, 5.41) is 8.83. The highest BCUT2D eigenvalue weighted by molar-refractivity contribution is 5.77. The molecule has 0 radical (unpaired) electrons. The first-order valence-electron chi connectivity index (χ1n) is 4.94. The molecule has 0 fully saturated rings. The number of ether oxygens (including phenoxy) is 2. The molecule has 1 unspecified atom stereocenters. The zero-order valence-corrected chi connectivity index (χ0v) is 9.81. The number of nitrogens with two attached hydrogens (primary N) is 1. The molecule has 0 aliphatic rings. The highest BCUT2D eigenvalue weighted by atomic mass is 19.3. The van der Waals surface area contributed by atoms with Gasteiger partial charge in [-0.3, -0.25) is 4.79 Å². The lowest BCUT2D eigenvalue weighted by Gasteiger charge is -2.16. The number of carbonyl (C=O) groups is 1. The Morgan fingerprint density at radius 3 is 2.06 bits per heavy atom. The number of hydrogen-bond acceptors (Lipinski definition) is 4. The molecule has 0 aliphatic carbocycles. The van der Waals surface area contributed by atoms with E-state index in [1.54, 1.807) is 0 Å². The molecule has 0 aliphatic heterocycles. The lowest BCUT2D eigenvalue weighted by Crippen LogP contribution is -2.21. The molecule has 18 heavy (non-hydrogen) atoms. The van der Waals surface area contributed by atoms with Crippen LogP contribution in [0.4, 0.5) is 8.78 Å². The van der Waals surface area contributed by atoms with E-state index in [4.69, 9.17) is 20.3 Å². The molecule has 0 bridgehead atoms. The fraction of sp³-hybridized carbons (Fsp3) is 0.364. The largest absolute Gasteiger partial charge is 0.496 e. The molecule has 0 aromatic heterocycles. The number of methoxy groups -OCH3 is 2. The van der Waals surface area contributed by atoms with Gasteiger partial charge in [-0.15, -0.1) is 0 Å². The highest BCUT2D eigenvalue weighted by Gasteiger charge is 2.24. The number of aliphatic carboxylic acids is 1. The van der Waals surface area contributed by atoms with Gasteiger partial charge in [0.05, 0.1) is 19.8 Å². The van der Waals surface area contributed by atoms with Crippen LogP contribution in [0.25, 0.3) is 0 Å². The molecule has 7 heteroatoms. The molecule has 1 aromatic rings. The van der Waals surface area contributed by atoms with Gasteiger partial charge in [0.1, 0.15) is 17.5 Å². The minimum absolute atomic E-state index is 0.0130. The summed E-state index contributed by atoms with van der Waals surface area (Å²) in [6, 6.07) is 0.807. The summed E-state index contributed by atoms with van der Waals surface area (Å²) < 4.78 is 35.1. The van der Waals surface area contributed by atoms with E-state index in [2.05, 4.69) is 0 Å². The minimum Gasteiger partial charge on any atom is -0.496 e. The molecule has 0 saturated heterocycles. The van der Waals surface area contributed by atoms with Gasteiger partial charge in [-0.25, -0.2) is 8.78 Å². The first-order valence-corrected chi connectivity index (χ1v) is 4.94. The number of halogens is 2. The van der Waals surface area contributed by atoms with Crippen molar-refractivity contribution in [2.45, 2.75) is 12.5 Å². The van der Waals surface area contributed by atoms with E-state index in [0.29, 0.717) is 0 Å². The third-order valence-electron chi connectivity index (χ3n) is 2.42. The molecule has 1 rings (SSSR count). The van der Waals surface area contributed by atoms with Gasteiger partial charge in [0.2, 0.25) is 0 Å². The molecule has 0 heterocycles. The number of carboxylic acids is 1. The van der Waals surface area contributed by atoms with Crippen LogP contribution in [0, 0.1) is 0 Å². The summed E-state index contributed by atoms with van der Waals surface area (Å²) in [6.45, 7) is 0. The monoisotopic (exact) mass is 261 g/mol. The van der Waals surface area contributed by atoms with E-state index in [1.807, 2.05) is 0 Å². The Kier molecular flexibility index (Phi) is 4.43. The Labute approximate surface area is 102 Å². The second-order valence-electron chi connectivity index (χ2n) is 3.45. The Balaban J connectivity index is 3.39. The number of alkyl halides is 2. The van der Waals surface area contributed by atoms with Crippen molar-refractivity contribution < 1.29 is 28.2 Å². The summed E-state index contributed by atoms with van der Waals surface area (Å²) in [4.78, 5) is 10.8. The molecule has 100 valence electrons. The predicted molar refractivity (Wildman–Crippen MR) is 59.1 cm³/mol. The van der Waals surface area contributed by atoms with Crippen LogP contribution in [0.2, 0.25) is 0 Å². The van der Waals surface area contributed by atoms with Crippen molar-refractivity contribution in [3.63, 3.8) is 0 Å². The van der Waals surface area contributed by atoms with Gasteiger partial charge in [-0.05, 0) is 12.1 Å². The predicted octanol–water partition coefficient (Wildman–Crippen LogP) is 1.73. The SMILES string of the molecule is COc1cc(C(N)C(=O)O)c(OC)cc1C(F)F. The maximum absolute atomic E-state index is 12.7. The fourth-order valence-electron chi connectivity index (χ4n) is 1.49. The number of carboxylic acid groups (broad SMARTS) is 1. The zero-order chi connectivity index (χ0) is 13.9. The van der Waals surface area contributed by atoms with Gasteiger partial charge >= 0.3 is 5.97 Å². The summed E-state index contributed by atoms with van der Waals surface area (Å²) in [7, 11) is 2.46. The van der Waals surface area contributed by atoms with Crippen molar-refractivity contribution in [3.05, 3.63) is 23.3 Å². The van der Waals surface area contributed by atoms with Crippen LogP contribution in [0.5, 0.6) is 11.5 Å². The van der Waals surface area contributed by atoms with Crippen molar-refractivity contribution in [1.82, 2.24) is 0 Å². The van der Waals surface area contributed by atoms with E-state index < -0.39 is 18.4 Å². The molecule has 3 N–H and O–H groups in total. The Hall–Kier alpha value is -1.89. The molecule has 0 amide bonds. The van der Waals surface area contributed by atoms with Crippen LogP contribution < -0.4 is 15.2 Å². The summed E-state index contributed by atoms with van der Waals surface area (Å²) in [5.74, 6) is -1.43. The first-order chi connectivity index (χ1) is 8.42. The zero-order valence-electron chi connectivity index (χ0n) is 9.81. The third kappa shape index (κ3) is 2.67. The van der Waals surface area contributed by atoms with E-state index >= 15 is 0 Å². The van der Waals surface area contributed by atoms with Gasteiger partial charge in [-0.1, -0.05) is 0 Å². The van der Waals surface area contributed by atoms with Gasteiger partial charge in [-0.2, -0.15) is 0 Å². The normalized spacial score (nSPS) is 12.3. The number of rotatable bonds is 5. The third-order valence-corrected chi connectivity index (χ3v) is 2.42. The van der Waals surface area contributed by atoms with Gasteiger partial charge < -0.3 is 20.3 Å². The number of hydrogen-bond donors (Lipinski definition) is 2. The highest BCUT2D eigenvalue weighted by Crippen LogP contribution is 2.37. The number of benzene rings is 1. The van der Waals surface area contributed by atoms with Crippen molar-refractivity contribution in [3.8, 4) is 11.5 Å². The van der Waals surface area contributed by atoms with Crippen LogP contribution in [0.15, 0.2) is 12.1 Å². The molecule has 1 aromatic carbocycles. The van der Waals surface area contributed by atoms with Crippen molar-refractivity contribution >= 4 is 5.97 Å². The van der Waals surface area contributed by atoms with E-state index in [-0.39, 0.29) is 22.6 Å². The van der Waals surface area contributed by atoms with Crippen LogP contribution in [-0.2, 0) is 4.79 Å². The smallest absolute Gasteiger partial charge is 0.325 e. The van der Waals surface area contributed by atoms with Crippen molar-refractivity contribution in [1.29, 1.82) is 0 Å². The summed E-state index contributed by atoms with van der Waals surface area (Å²) in [6.07, 6.45) is -2.76. The first kappa shape index (κ1) is 14.2. The Morgan fingerprint density at radius 2 is 1.67 bits per heavy atom. The quantitative estimate of drug-likeness (QED) is 0.843. The summed E-state index contributed by atoms with van der Waals surface area (Å²) in [5.41, 5.74) is 5.14. The fourth-order valence-corrected chi connectivity index (χ4v) is 1.49. The van der Waals surface area contributed by atoms with Crippen molar-refractivity contribution in [2.75, 3.05) is 14.2 Å². The minimum atomic E-state index is -2.76. The second kappa shape index (κ2) is 5.63. The van der Waals surface area contributed by atoms with Crippen LogP contribution in [-0.4, -0.2) is 25.3 Å². The molecular weight excluding hydrogens is 248 g/mol. The van der Waals surface area contributed by atoms with E-state index in [0.717, 1.165) is 12.1 Å². The van der Waals surface area contributed by atoms with Gasteiger partial charge in [0.15, 0.2) is 0 Å². The molecule has 0 spiro atoms. The van der Waals surface area contributed by atoms with Crippen LogP contribution in [0.1, 0.15) is 23.6 Å². The molecule has 1 atom stereocenters. The van der Waals surface area contributed by atoms with Gasteiger partial charge in [0.25, 0.3) is 6.43 Å². The van der Waals surface area contributed by atoms with Crippen LogP contribution >= 0.6 is 0 Å². The topological polar surface area (TPSA) is 81.8 Å². The molecule has 5 nitrogen and oxygen atoms in total. The molecular formula is C11H13F2NO4. The van der Waals surface area contributed by atoms with Gasteiger partial charge in [0, 0.05) is 5.56 Å².